The van der Waals surface area contributed by atoms with Crippen LogP contribution in [0.4, 0.5) is 8.78 Å². The van der Waals surface area contributed by atoms with Crippen LogP contribution in [0, 0.1) is 23.5 Å². The molecule has 17 heavy (non-hydrogen) atoms. The van der Waals surface area contributed by atoms with E-state index in [0.29, 0.717) is 6.07 Å². The van der Waals surface area contributed by atoms with E-state index < -0.39 is 29.1 Å². The molecular formula is C11H7F2NO3. The van der Waals surface area contributed by atoms with Gasteiger partial charge in [0.1, 0.15) is 11.6 Å². The minimum absolute atomic E-state index is 0.292. The molecule has 0 saturated carbocycles. The highest BCUT2D eigenvalue weighted by Crippen LogP contribution is 2.14. The van der Waals surface area contributed by atoms with Gasteiger partial charge in [-0.05, 0) is 6.07 Å². The molecule has 1 rings (SSSR count). The van der Waals surface area contributed by atoms with Gasteiger partial charge >= 0.3 is 5.97 Å². The Morgan fingerprint density at radius 2 is 1.94 bits per heavy atom. The van der Waals surface area contributed by atoms with Crippen LogP contribution in [0.15, 0.2) is 12.1 Å². The van der Waals surface area contributed by atoms with E-state index >= 15 is 0 Å². The van der Waals surface area contributed by atoms with Crippen molar-refractivity contribution in [1.29, 1.82) is 0 Å². The zero-order chi connectivity index (χ0) is 13.0. The molecule has 0 aliphatic carbocycles. The van der Waals surface area contributed by atoms with Crippen LogP contribution in [0.3, 0.4) is 0 Å². The predicted octanol–water partition coefficient (Wildman–Crippen LogP) is 0.890. The van der Waals surface area contributed by atoms with Gasteiger partial charge in [0, 0.05) is 6.07 Å². The lowest BCUT2D eigenvalue weighted by Crippen LogP contribution is -2.08. The van der Waals surface area contributed by atoms with Crippen molar-refractivity contribution in [1.82, 2.24) is 0 Å². The molecule has 0 aromatic heterocycles. The minimum Gasteiger partial charge on any atom is -0.478 e. The first-order valence-electron chi connectivity index (χ1n) is 4.41. The van der Waals surface area contributed by atoms with Gasteiger partial charge in [-0.15, -0.1) is 0 Å². The Labute approximate surface area is 95.0 Å². The summed E-state index contributed by atoms with van der Waals surface area (Å²) >= 11 is 0. The van der Waals surface area contributed by atoms with Crippen LogP contribution in [-0.2, 0) is 4.79 Å². The summed E-state index contributed by atoms with van der Waals surface area (Å²) in [4.78, 5) is 21.0. The molecule has 0 unspecified atom stereocenters. The summed E-state index contributed by atoms with van der Waals surface area (Å²) in [6.45, 7) is 0. The minimum atomic E-state index is -1.53. The van der Waals surface area contributed by atoms with E-state index in [4.69, 9.17) is 10.8 Å². The number of hydrogen-bond donors (Lipinski definition) is 2. The molecule has 0 saturated heterocycles. The number of carbonyl (C=O) groups excluding carboxylic acids is 1. The summed E-state index contributed by atoms with van der Waals surface area (Å²) in [6, 6.07) is 1.19. The number of amides is 1. The number of rotatable bonds is 2. The van der Waals surface area contributed by atoms with E-state index in [9.17, 15) is 18.4 Å². The Morgan fingerprint density at radius 1 is 1.29 bits per heavy atom. The second-order valence-corrected chi connectivity index (χ2v) is 3.06. The Balaban J connectivity index is 3.15. The van der Waals surface area contributed by atoms with Crippen molar-refractivity contribution in [2.75, 3.05) is 0 Å². The first-order valence-corrected chi connectivity index (χ1v) is 4.41. The standard InChI is InChI=1S/C11H7F2NO3/c12-8-5-9(13)7(11(16)17)4-6(8)2-1-3-10(14)15/h4-5H,3H2,(H2,14,15)(H,16,17). The molecule has 1 aromatic rings. The van der Waals surface area contributed by atoms with E-state index in [1.54, 1.807) is 0 Å². The van der Waals surface area contributed by atoms with E-state index in [1.165, 1.54) is 0 Å². The van der Waals surface area contributed by atoms with E-state index in [-0.39, 0.29) is 12.0 Å². The van der Waals surface area contributed by atoms with Gasteiger partial charge in [0.15, 0.2) is 0 Å². The average Bonchev–Trinajstić information content (AvgIpc) is 2.20. The Hall–Kier alpha value is -2.42. The molecule has 0 atom stereocenters. The summed E-state index contributed by atoms with van der Waals surface area (Å²) in [5, 5.41) is 8.61. The zero-order valence-electron chi connectivity index (χ0n) is 8.46. The number of carboxylic acid groups (broad SMARTS) is 1. The summed E-state index contributed by atoms with van der Waals surface area (Å²) in [6.07, 6.45) is -0.292. The van der Waals surface area contributed by atoms with Crippen molar-refractivity contribution in [2.24, 2.45) is 5.73 Å². The number of aromatic carboxylic acids is 1. The van der Waals surface area contributed by atoms with Crippen LogP contribution in [0.5, 0.6) is 0 Å². The van der Waals surface area contributed by atoms with Crippen LogP contribution in [0.2, 0.25) is 0 Å². The number of primary amides is 1. The number of carboxylic acids is 1. The molecule has 1 aromatic carbocycles. The fourth-order valence-electron chi connectivity index (χ4n) is 1.04. The highest BCUT2D eigenvalue weighted by molar-refractivity contribution is 5.88. The van der Waals surface area contributed by atoms with Crippen LogP contribution in [0.25, 0.3) is 0 Å². The summed E-state index contributed by atoms with van der Waals surface area (Å²) in [5.74, 6) is 0.0547. The fraction of sp³-hybridized carbons (Fsp3) is 0.0909. The van der Waals surface area contributed by atoms with E-state index in [2.05, 4.69) is 11.8 Å². The first-order chi connectivity index (χ1) is 7.91. The SMILES string of the molecule is NC(=O)CC#Cc1cc(C(=O)O)c(F)cc1F. The molecule has 0 aliphatic heterocycles. The number of carbonyl (C=O) groups is 2. The molecular weight excluding hydrogens is 232 g/mol. The summed E-state index contributed by atoms with van der Waals surface area (Å²) in [5.41, 5.74) is 3.82. The third kappa shape index (κ3) is 3.28. The molecule has 0 bridgehead atoms. The summed E-state index contributed by atoms with van der Waals surface area (Å²) < 4.78 is 26.2. The van der Waals surface area contributed by atoms with Crippen LogP contribution in [0.1, 0.15) is 22.3 Å². The van der Waals surface area contributed by atoms with Gasteiger partial charge < -0.3 is 10.8 Å². The Bertz CT molecular complexity index is 544. The number of benzene rings is 1. The van der Waals surface area contributed by atoms with Gasteiger partial charge in [-0.25, -0.2) is 13.6 Å². The Morgan fingerprint density at radius 3 is 2.47 bits per heavy atom. The summed E-state index contributed by atoms with van der Waals surface area (Å²) in [7, 11) is 0. The van der Waals surface area contributed by atoms with Crippen molar-refractivity contribution >= 4 is 11.9 Å². The molecule has 0 radical (unpaired) electrons. The van der Waals surface area contributed by atoms with Crippen LogP contribution in [-0.4, -0.2) is 17.0 Å². The highest BCUT2D eigenvalue weighted by Gasteiger charge is 2.13. The largest absolute Gasteiger partial charge is 0.478 e. The predicted molar refractivity (Wildman–Crippen MR) is 54.0 cm³/mol. The maximum Gasteiger partial charge on any atom is 0.338 e. The first kappa shape index (κ1) is 12.6. The maximum atomic E-state index is 13.2. The molecule has 0 fully saturated rings. The monoisotopic (exact) mass is 239 g/mol. The molecule has 0 spiro atoms. The van der Waals surface area contributed by atoms with Crippen LogP contribution < -0.4 is 5.73 Å². The topological polar surface area (TPSA) is 80.4 Å². The van der Waals surface area contributed by atoms with Gasteiger partial charge in [-0.3, -0.25) is 4.79 Å². The second kappa shape index (κ2) is 5.07. The molecule has 88 valence electrons. The van der Waals surface area contributed by atoms with Crippen molar-refractivity contribution in [2.45, 2.75) is 6.42 Å². The van der Waals surface area contributed by atoms with Gasteiger partial charge in [0.25, 0.3) is 0 Å². The lowest BCUT2D eigenvalue weighted by Gasteiger charge is -1.99. The average molecular weight is 239 g/mol. The Kier molecular flexibility index (Phi) is 3.78. The van der Waals surface area contributed by atoms with Crippen molar-refractivity contribution in [3.63, 3.8) is 0 Å². The number of nitrogens with two attached hydrogens (primary N) is 1. The molecule has 4 nitrogen and oxygen atoms in total. The second-order valence-electron chi connectivity index (χ2n) is 3.06. The van der Waals surface area contributed by atoms with E-state index in [0.717, 1.165) is 6.07 Å². The fourth-order valence-corrected chi connectivity index (χ4v) is 1.04. The lowest BCUT2D eigenvalue weighted by molar-refractivity contribution is -0.117. The highest BCUT2D eigenvalue weighted by atomic mass is 19.1. The molecule has 1 amide bonds. The van der Waals surface area contributed by atoms with Crippen molar-refractivity contribution < 1.29 is 23.5 Å². The van der Waals surface area contributed by atoms with Gasteiger partial charge in [0.2, 0.25) is 5.91 Å². The lowest BCUT2D eigenvalue weighted by atomic mass is 10.1. The normalized spacial score (nSPS) is 9.29. The number of hydrogen-bond acceptors (Lipinski definition) is 2. The number of halogens is 2. The third-order valence-corrected chi connectivity index (χ3v) is 1.77. The smallest absolute Gasteiger partial charge is 0.338 e. The van der Waals surface area contributed by atoms with Crippen LogP contribution >= 0.6 is 0 Å². The molecule has 6 heteroatoms. The molecule has 0 aliphatic rings. The van der Waals surface area contributed by atoms with Crippen molar-refractivity contribution in [3.8, 4) is 11.8 Å². The van der Waals surface area contributed by atoms with Crippen molar-refractivity contribution in [3.05, 3.63) is 34.9 Å². The molecule has 0 heterocycles. The van der Waals surface area contributed by atoms with E-state index in [1.807, 2.05) is 0 Å². The maximum absolute atomic E-state index is 13.2. The zero-order valence-corrected chi connectivity index (χ0v) is 8.46. The van der Waals surface area contributed by atoms with Gasteiger partial charge in [-0.1, -0.05) is 11.8 Å². The quantitative estimate of drug-likeness (QED) is 0.752. The van der Waals surface area contributed by atoms with Gasteiger partial charge in [0.05, 0.1) is 17.5 Å². The van der Waals surface area contributed by atoms with Gasteiger partial charge in [-0.2, -0.15) is 0 Å². The molecule has 3 N–H and O–H groups in total. The third-order valence-electron chi connectivity index (χ3n) is 1.77.